The molecular formula is C13H19N3O3. The second-order valence-electron chi connectivity index (χ2n) is 5.84. The second kappa shape index (κ2) is 4.68. The number of aromatic nitrogens is 2. The molecule has 0 unspecified atom stereocenters. The normalized spacial score (nSPS) is 19.7. The van der Waals surface area contributed by atoms with E-state index in [0.717, 1.165) is 6.42 Å². The first-order valence-electron chi connectivity index (χ1n) is 6.39. The molecule has 6 heteroatoms. The van der Waals surface area contributed by atoms with Crippen molar-refractivity contribution < 1.29 is 14.7 Å². The summed E-state index contributed by atoms with van der Waals surface area (Å²) in [6.07, 6.45) is 4.44. The topological polar surface area (TPSA) is 75.4 Å². The summed E-state index contributed by atoms with van der Waals surface area (Å²) < 4.78 is 1.71. The lowest BCUT2D eigenvalue weighted by atomic mass is 10.1. The molecule has 1 aromatic heterocycles. The summed E-state index contributed by atoms with van der Waals surface area (Å²) in [5.74, 6) is -1.19. The Hall–Kier alpha value is -1.85. The predicted molar refractivity (Wildman–Crippen MR) is 68.9 cm³/mol. The molecule has 2 heterocycles. The number of carboxylic acids is 1. The van der Waals surface area contributed by atoms with Gasteiger partial charge >= 0.3 is 5.97 Å². The number of nitrogens with zero attached hydrogens (tertiary/aromatic N) is 3. The van der Waals surface area contributed by atoms with Gasteiger partial charge in [0.2, 0.25) is 0 Å². The van der Waals surface area contributed by atoms with E-state index in [4.69, 9.17) is 5.11 Å². The third-order valence-electron chi connectivity index (χ3n) is 3.32. The van der Waals surface area contributed by atoms with Crippen molar-refractivity contribution >= 4 is 11.9 Å². The lowest BCUT2D eigenvalue weighted by Gasteiger charge is -2.21. The molecule has 1 atom stereocenters. The van der Waals surface area contributed by atoms with Gasteiger partial charge in [0.25, 0.3) is 5.91 Å². The largest absolute Gasteiger partial charge is 0.480 e. The summed E-state index contributed by atoms with van der Waals surface area (Å²) in [7, 11) is 0. The van der Waals surface area contributed by atoms with Crippen LogP contribution in [0.1, 0.15) is 44.0 Å². The Morgan fingerprint density at radius 2 is 2.11 bits per heavy atom. The van der Waals surface area contributed by atoms with Crippen molar-refractivity contribution in [1.82, 2.24) is 14.7 Å². The van der Waals surface area contributed by atoms with E-state index in [-0.39, 0.29) is 11.4 Å². The van der Waals surface area contributed by atoms with E-state index in [0.29, 0.717) is 18.5 Å². The van der Waals surface area contributed by atoms with E-state index in [2.05, 4.69) is 5.10 Å². The fourth-order valence-corrected chi connectivity index (χ4v) is 2.23. The first-order chi connectivity index (χ1) is 8.80. The first-order valence-corrected chi connectivity index (χ1v) is 6.39. The fraction of sp³-hybridized carbons (Fsp3) is 0.615. The predicted octanol–water partition coefficient (Wildman–Crippen LogP) is 1.33. The molecule has 104 valence electrons. The Morgan fingerprint density at radius 3 is 2.63 bits per heavy atom. The van der Waals surface area contributed by atoms with Gasteiger partial charge in [0.1, 0.15) is 6.04 Å². The Kier molecular flexibility index (Phi) is 3.34. The van der Waals surface area contributed by atoms with E-state index in [1.165, 1.54) is 11.1 Å². The molecule has 1 fully saturated rings. The monoisotopic (exact) mass is 265 g/mol. The quantitative estimate of drug-likeness (QED) is 0.875. The molecule has 1 aliphatic rings. The lowest BCUT2D eigenvalue weighted by molar-refractivity contribution is -0.141. The van der Waals surface area contributed by atoms with Crippen molar-refractivity contribution in [2.75, 3.05) is 6.54 Å². The molecule has 2 rings (SSSR count). The van der Waals surface area contributed by atoms with Crippen LogP contribution in [0.2, 0.25) is 0 Å². The molecule has 0 bridgehead atoms. The maximum Gasteiger partial charge on any atom is 0.326 e. The van der Waals surface area contributed by atoms with Crippen LogP contribution in [0.5, 0.6) is 0 Å². The number of carbonyl (C=O) groups excluding carboxylic acids is 1. The van der Waals surface area contributed by atoms with Crippen molar-refractivity contribution in [3.05, 3.63) is 18.0 Å². The van der Waals surface area contributed by atoms with Gasteiger partial charge in [0.05, 0.1) is 17.3 Å². The van der Waals surface area contributed by atoms with Gasteiger partial charge in [-0.15, -0.1) is 0 Å². The molecule has 1 amide bonds. The van der Waals surface area contributed by atoms with E-state index in [1.54, 1.807) is 10.9 Å². The molecule has 0 saturated carbocycles. The van der Waals surface area contributed by atoms with Crippen LogP contribution in [0.4, 0.5) is 0 Å². The smallest absolute Gasteiger partial charge is 0.326 e. The highest BCUT2D eigenvalue weighted by Crippen LogP contribution is 2.21. The minimum Gasteiger partial charge on any atom is -0.480 e. The fourth-order valence-electron chi connectivity index (χ4n) is 2.23. The Morgan fingerprint density at radius 1 is 1.42 bits per heavy atom. The molecule has 6 nitrogen and oxygen atoms in total. The zero-order chi connectivity index (χ0) is 14.2. The highest BCUT2D eigenvalue weighted by molar-refractivity contribution is 5.96. The molecule has 0 aromatic carbocycles. The van der Waals surface area contributed by atoms with Crippen LogP contribution in [-0.4, -0.2) is 44.3 Å². The number of carboxylic acid groups (broad SMARTS) is 1. The van der Waals surface area contributed by atoms with Gasteiger partial charge in [0.15, 0.2) is 0 Å². The molecule has 0 radical (unpaired) electrons. The third-order valence-corrected chi connectivity index (χ3v) is 3.32. The van der Waals surface area contributed by atoms with Crippen molar-refractivity contribution in [2.24, 2.45) is 0 Å². The van der Waals surface area contributed by atoms with Crippen molar-refractivity contribution in [3.8, 4) is 0 Å². The summed E-state index contributed by atoms with van der Waals surface area (Å²) in [5.41, 5.74) is 0.249. The van der Waals surface area contributed by atoms with E-state index < -0.39 is 12.0 Å². The van der Waals surface area contributed by atoms with E-state index >= 15 is 0 Å². The van der Waals surface area contributed by atoms with E-state index in [9.17, 15) is 9.59 Å². The summed E-state index contributed by atoms with van der Waals surface area (Å²) in [6.45, 7) is 6.47. The van der Waals surface area contributed by atoms with Crippen LogP contribution in [0.15, 0.2) is 12.4 Å². The maximum absolute atomic E-state index is 12.3. The van der Waals surface area contributed by atoms with Crippen molar-refractivity contribution in [1.29, 1.82) is 0 Å². The highest BCUT2D eigenvalue weighted by atomic mass is 16.4. The summed E-state index contributed by atoms with van der Waals surface area (Å²) in [4.78, 5) is 24.8. The molecule has 0 spiro atoms. The van der Waals surface area contributed by atoms with Gasteiger partial charge in [0, 0.05) is 12.7 Å². The number of carbonyl (C=O) groups is 2. The van der Waals surface area contributed by atoms with Gasteiger partial charge in [-0.2, -0.15) is 5.10 Å². The molecule has 1 aromatic rings. The summed E-state index contributed by atoms with van der Waals surface area (Å²) in [5, 5.41) is 13.3. The first kappa shape index (κ1) is 13.6. The summed E-state index contributed by atoms with van der Waals surface area (Å²) >= 11 is 0. The van der Waals surface area contributed by atoms with E-state index in [1.807, 2.05) is 20.8 Å². The van der Waals surface area contributed by atoms with Crippen LogP contribution < -0.4 is 0 Å². The third kappa shape index (κ3) is 2.62. The Labute approximate surface area is 112 Å². The minimum atomic E-state index is -0.936. The van der Waals surface area contributed by atoms with Crippen molar-refractivity contribution in [3.63, 3.8) is 0 Å². The number of likely N-dealkylation sites (tertiary alicyclic amines) is 1. The zero-order valence-electron chi connectivity index (χ0n) is 11.5. The molecule has 1 saturated heterocycles. The lowest BCUT2D eigenvalue weighted by Crippen LogP contribution is -2.40. The van der Waals surface area contributed by atoms with Gasteiger partial charge in [-0.1, -0.05) is 0 Å². The average molecular weight is 265 g/mol. The number of hydrogen-bond acceptors (Lipinski definition) is 3. The maximum atomic E-state index is 12.3. The standard InChI is InChI=1S/C13H19N3O3/c1-13(2,3)16-8-9(7-14-16)11(17)15-6-4-5-10(15)12(18)19/h7-8,10H,4-6H2,1-3H3,(H,18,19)/t10-/m0/s1. The van der Waals surface area contributed by atoms with Crippen LogP contribution in [-0.2, 0) is 10.3 Å². The van der Waals surface area contributed by atoms with Crippen LogP contribution in [0.3, 0.4) is 0 Å². The Balaban J connectivity index is 2.20. The van der Waals surface area contributed by atoms with Gasteiger partial charge < -0.3 is 10.0 Å². The van der Waals surface area contributed by atoms with Crippen LogP contribution >= 0.6 is 0 Å². The molecule has 1 N–H and O–H groups in total. The zero-order valence-corrected chi connectivity index (χ0v) is 11.5. The minimum absolute atomic E-state index is 0.199. The number of aliphatic carboxylic acids is 1. The number of rotatable bonds is 2. The van der Waals surface area contributed by atoms with Gasteiger partial charge in [-0.25, -0.2) is 4.79 Å². The average Bonchev–Trinajstić information content (AvgIpc) is 2.96. The SMILES string of the molecule is CC(C)(C)n1cc(C(=O)N2CCC[C@H]2C(=O)O)cn1. The molecule has 19 heavy (non-hydrogen) atoms. The van der Waals surface area contributed by atoms with Crippen molar-refractivity contribution in [2.45, 2.75) is 45.2 Å². The number of amides is 1. The van der Waals surface area contributed by atoms with Gasteiger partial charge in [-0.3, -0.25) is 9.48 Å². The van der Waals surface area contributed by atoms with Crippen LogP contribution in [0, 0.1) is 0 Å². The second-order valence-corrected chi connectivity index (χ2v) is 5.84. The highest BCUT2D eigenvalue weighted by Gasteiger charge is 2.35. The van der Waals surface area contributed by atoms with Gasteiger partial charge in [-0.05, 0) is 33.6 Å². The molecule has 1 aliphatic heterocycles. The summed E-state index contributed by atoms with van der Waals surface area (Å²) in [6, 6.07) is -0.703. The van der Waals surface area contributed by atoms with Crippen LogP contribution in [0.25, 0.3) is 0 Å². The molecular weight excluding hydrogens is 246 g/mol. The number of hydrogen-bond donors (Lipinski definition) is 1. The molecule has 0 aliphatic carbocycles. The Bertz CT molecular complexity index is 501.